The molecular weight excluding hydrogens is 320 g/mol. The predicted molar refractivity (Wildman–Crippen MR) is 93.6 cm³/mol. The Morgan fingerprint density at radius 2 is 2.16 bits per heavy atom. The number of nitrogen functional groups attached to an aromatic ring is 1. The molecule has 0 aromatic carbocycles. The van der Waals surface area contributed by atoms with Crippen molar-refractivity contribution in [2.75, 3.05) is 23.8 Å². The van der Waals surface area contributed by atoms with Gasteiger partial charge in [-0.05, 0) is 24.6 Å². The van der Waals surface area contributed by atoms with Gasteiger partial charge in [0, 0.05) is 12.7 Å². The molecule has 0 unspecified atom stereocenters. The van der Waals surface area contributed by atoms with Crippen LogP contribution in [-0.2, 0) is 6.54 Å². The number of hydrogen-bond acceptors (Lipinski definition) is 6. The standard InChI is InChI=1S/C17H18N6O2/c1-2-6-22-7-5-11-12(22)3-4-13(21-11)23-8-9-25-16-14(17(23)24)15(18)19-10-20-16/h3-5,7,10H,2,6,8-9H2,1H3,(H2,18,19,20). The SMILES string of the molecule is CCCn1ccc2nc(N3CCOc4ncnc(N)c4C3=O)ccc21. The van der Waals surface area contributed by atoms with Crippen LogP contribution in [0, 0.1) is 0 Å². The van der Waals surface area contributed by atoms with E-state index >= 15 is 0 Å². The van der Waals surface area contributed by atoms with E-state index in [4.69, 9.17) is 10.5 Å². The fraction of sp³-hybridized carbons (Fsp3) is 0.294. The van der Waals surface area contributed by atoms with Crippen molar-refractivity contribution in [3.05, 3.63) is 36.3 Å². The van der Waals surface area contributed by atoms with E-state index in [1.807, 2.05) is 24.4 Å². The molecule has 128 valence electrons. The summed E-state index contributed by atoms with van der Waals surface area (Å²) in [5, 5.41) is 0. The number of nitrogens with zero attached hydrogens (tertiary/aromatic N) is 5. The molecule has 1 aliphatic rings. The Hall–Kier alpha value is -3.16. The van der Waals surface area contributed by atoms with Crippen molar-refractivity contribution in [3.63, 3.8) is 0 Å². The van der Waals surface area contributed by atoms with Gasteiger partial charge in [0.1, 0.15) is 30.1 Å². The molecule has 0 saturated carbocycles. The molecule has 8 heteroatoms. The lowest BCUT2D eigenvalue weighted by atomic mass is 10.2. The summed E-state index contributed by atoms with van der Waals surface area (Å²) in [4.78, 5) is 27.1. The molecule has 0 atom stereocenters. The van der Waals surface area contributed by atoms with Crippen molar-refractivity contribution in [3.8, 4) is 5.88 Å². The van der Waals surface area contributed by atoms with Gasteiger partial charge in [-0.25, -0.2) is 15.0 Å². The van der Waals surface area contributed by atoms with Gasteiger partial charge < -0.3 is 15.0 Å². The van der Waals surface area contributed by atoms with E-state index in [2.05, 4.69) is 26.4 Å². The molecule has 8 nitrogen and oxygen atoms in total. The normalized spacial score (nSPS) is 14.3. The number of aryl methyl sites for hydroxylation is 1. The Morgan fingerprint density at radius 1 is 1.28 bits per heavy atom. The fourth-order valence-corrected chi connectivity index (χ4v) is 3.03. The largest absolute Gasteiger partial charge is 0.475 e. The van der Waals surface area contributed by atoms with Crippen LogP contribution in [0.5, 0.6) is 5.88 Å². The van der Waals surface area contributed by atoms with E-state index in [9.17, 15) is 4.79 Å². The van der Waals surface area contributed by atoms with Gasteiger partial charge in [-0.1, -0.05) is 6.92 Å². The second-order valence-corrected chi connectivity index (χ2v) is 5.83. The highest BCUT2D eigenvalue weighted by atomic mass is 16.5. The van der Waals surface area contributed by atoms with Gasteiger partial charge in [0.15, 0.2) is 0 Å². The number of amides is 1. The van der Waals surface area contributed by atoms with Gasteiger partial charge >= 0.3 is 0 Å². The lowest BCUT2D eigenvalue weighted by Crippen LogP contribution is -2.33. The van der Waals surface area contributed by atoms with Crippen molar-refractivity contribution < 1.29 is 9.53 Å². The van der Waals surface area contributed by atoms with Crippen LogP contribution in [-0.4, -0.2) is 38.6 Å². The van der Waals surface area contributed by atoms with Gasteiger partial charge in [-0.2, -0.15) is 0 Å². The fourth-order valence-electron chi connectivity index (χ4n) is 3.03. The molecule has 0 spiro atoms. The van der Waals surface area contributed by atoms with Crippen molar-refractivity contribution >= 4 is 28.6 Å². The van der Waals surface area contributed by atoms with Crippen LogP contribution in [0.2, 0.25) is 0 Å². The first kappa shape index (κ1) is 15.4. The molecule has 0 radical (unpaired) electrons. The minimum atomic E-state index is -0.301. The number of pyridine rings is 1. The Labute approximate surface area is 144 Å². The molecule has 0 bridgehead atoms. The van der Waals surface area contributed by atoms with Crippen LogP contribution in [0.4, 0.5) is 11.6 Å². The Morgan fingerprint density at radius 3 is 3.00 bits per heavy atom. The molecule has 4 rings (SSSR count). The average Bonchev–Trinajstić information content (AvgIpc) is 2.92. The summed E-state index contributed by atoms with van der Waals surface area (Å²) < 4.78 is 7.70. The summed E-state index contributed by atoms with van der Waals surface area (Å²) in [6, 6.07) is 5.79. The second kappa shape index (κ2) is 6.04. The topological polar surface area (TPSA) is 99.2 Å². The zero-order valence-corrected chi connectivity index (χ0v) is 13.8. The predicted octanol–water partition coefficient (Wildman–Crippen LogP) is 1.86. The first-order valence-corrected chi connectivity index (χ1v) is 8.20. The highest BCUT2D eigenvalue weighted by molar-refractivity contribution is 6.10. The van der Waals surface area contributed by atoms with Crippen LogP contribution in [0.1, 0.15) is 23.7 Å². The zero-order chi connectivity index (χ0) is 17.4. The molecule has 1 amide bonds. The molecule has 4 heterocycles. The number of hydrogen-bond donors (Lipinski definition) is 1. The average molecular weight is 338 g/mol. The van der Waals surface area contributed by atoms with E-state index in [1.165, 1.54) is 6.33 Å². The van der Waals surface area contributed by atoms with E-state index in [0.717, 1.165) is 24.0 Å². The monoisotopic (exact) mass is 338 g/mol. The highest BCUT2D eigenvalue weighted by Crippen LogP contribution is 2.27. The van der Waals surface area contributed by atoms with Crippen LogP contribution in [0.3, 0.4) is 0 Å². The third-order valence-electron chi connectivity index (χ3n) is 4.21. The number of ether oxygens (including phenoxy) is 1. The molecule has 3 aromatic heterocycles. The third kappa shape index (κ3) is 2.55. The van der Waals surface area contributed by atoms with E-state index in [1.54, 1.807) is 4.90 Å². The second-order valence-electron chi connectivity index (χ2n) is 5.83. The minimum Gasteiger partial charge on any atom is -0.475 e. The Kier molecular flexibility index (Phi) is 3.72. The van der Waals surface area contributed by atoms with Gasteiger partial charge in [0.05, 0.1) is 17.6 Å². The summed E-state index contributed by atoms with van der Waals surface area (Å²) >= 11 is 0. The summed E-state index contributed by atoms with van der Waals surface area (Å²) in [6.07, 6.45) is 4.35. The number of fused-ring (bicyclic) bond motifs is 2. The smallest absolute Gasteiger partial charge is 0.268 e. The van der Waals surface area contributed by atoms with Crippen molar-refractivity contribution in [1.29, 1.82) is 0 Å². The van der Waals surface area contributed by atoms with Gasteiger partial charge in [-0.15, -0.1) is 0 Å². The van der Waals surface area contributed by atoms with E-state index in [0.29, 0.717) is 19.0 Å². The van der Waals surface area contributed by atoms with E-state index in [-0.39, 0.29) is 23.2 Å². The molecular formula is C17H18N6O2. The molecule has 0 saturated heterocycles. The lowest BCUT2D eigenvalue weighted by Gasteiger charge is -2.19. The van der Waals surface area contributed by atoms with Crippen LogP contribution >= 0.6 is 0 Å². The molecule has 2 N–H and O–H groups in total. The maximum absolute atomic E-state index is 12.9. The van der Waals surface area contributed by atoms with E-state index < -0.39 is 0 Å². The summed E-state index contributed by atoms with van der Waals surface area (Å²) in [5.74, 6) is 0.587. The summed E-state index contributed by atoms with van der Waals surface area (Å²) in [6.45, 7) is 3.74. The molecule has 1 aliphatic heterocycles. The molecule has 0 aliphatic carbocycles. The first-order chi connectivity index (χ1) is 12.2. The van der Waals surface area contributed by atoms with Crippen LogP contribution < -0.4 is 15.4 Å². The Bertz CT molecular complexity index is 951. The number of carbonyl (C=O) groups is 1. The highest BCUT2D eigenvalue weighted by Gasteiger charge is 2.29. The molecule has 25 heavy (non-hydrogen) atoms. The number of carbonyl (C=O) groups excluding carboxylic acids is 1. The lowest BCUT2D eigenvalue weighted by molar-refractivity contribution is 0.0989. The zero-order valence-electron chi connectivity index (χ0n) is 13.8. The maximum atomic E-state index is 12.9. The van der Waals surface area contributed by atoms with Gasteiger partial charge in [0.25, 0.3) is 5.91 Å². The van der Waals surface area contributed by atoms with Gasteiger partial charge in [0.2, 0.25) is 5.88 Å². The van der Waals surface area contributed by atoms with Crippen LogP contribution in [0.25, 0.3) is 11.0 Å². The Balaban J connectivity index is 1.75. The van der Waals surface area contributed by atoms with Crippen molar-refractivity contribution in [2.24, 2.45) is 0 Å². The summed E-state index contributed by atoms with van der Waals surface area (Å²) in [7, 11) is 0. The number of anilines is 2. The maximum Gasteiger partial charge on any atom is 0.268 e. The quantitative estimate of drug-likeness (QED) is 0.782. The molecule has 0 fully saturated rings. The molecule has 3 aromatic rings. The van der Waals surface area contributed by atoms with Crippen molar-refractivity contribution in [2.45, 2.75) is 19.9 Å². The van der Waals surface area contributed by atoms with Crippen LogP contribution in [0.15, 0.2) is 30.7 Å². The van der Waals surface area contributed by atoms with Gasteiger partial charge in [-0.3, -0.25) is 9.69 Å². The number of aromatic nitrogens is 4. The first-order valence-electron chi connectivity index (χ1n) is 8.20. The number of nitrogens with two attached hydrogens (primary N) is 1. The minimum absolute atomic E-state index is 0.108. The van der Waals surface area contributed by atoms with Crippen molar-refractivity contribution in [1.82, 2.24) is 19.5 Å². The summed E-state index contributed by atoms with van der Waals surface area (Å²) in [5.41, 5.74) is 7.95. The number of rotatable bonds is 3. The third-order valence-corrected chi connectivity index (χ3v) is 4.21.